The van der Waals surface area contributed by atoms with Crippen LogP contribution in [0.25, 0.3) is 11.1 Å². The monoisotopic (exact) mass is 329 g/mol. The predicted molar refractivity (Wildman–Crippen MR) is 93.5 cm³/mol. The Morgan fingerprint density at radius 2 is 1.70 bits per heavy atom. The summed E-state index contributed by atoms with van der Waals surface area (Å²) in [5, 5.41) is 0.189. The van der Waals surface area contributed by atoms with Crippen molar-refractivity contribution in [1.29, 1.82) is 0 Å². The largest absolute Gasteiger partial charge is 0.300 e. The molecule has 1 saturated heterocycles. The molecule has 2 aromatic rings. The van der Waals surface area contributed by atoms with E-state index in [-0.39, 0.29) is 10.8 Å². The summed E-state index contributed by atoms with van der Waals surface area (Å²) in [5.41, 5.74) is 5.04. The van der Waals surface area contributed by atoms with E-state index in [1.807, 2.05) is 0 Å². The molecule has 0 spiro atoms. The van der Waals surface area contributed by atoms with Crippen molar-refractivity contribution in [3.05, 3.63) is 58.4 Å². The van der Waals surface area contributed by atoms with Gasteiger partial charge in [0.05, 0.1) is 5.02 Å². The zero-order valence-electron chi connectivity index (χ0n) is 13.2. The SMILES string of the molecule is Fc1ccc(-c2ccc3c(c2)CCC(N2CCCC2)C3)cc1Cl. The molecule has 1 aliphatic heterocycles. The molecule has 1 aliphatic carbocycles. The molecule has 1 heterocycles. The Kier molecular flexibility index (Phi) is 4.13. The number of rotatable bonds is 2. The second kappa shape index (κ2) is 6.26. The molecule has 1 nitrogen and oxygen atoms in total. The zero-order valence-corrected chi connectivity index (χ0v) is 14.0. The maximum absolute atomic E-state index is 13.3. The van der Waals surface area contributed by atoms with Gasteiger partial charge in [-0.1, -0.05) is 35.9 Å². The number of halogens is 2. The number of fused-ring (bicyclic) bond motifs is 1. The molecule has 0 saturated carbocycles. The first-order chi connectivity index (χ1) is 11.2. The van der Waals surface area contributed by atoms with E-state index in [1.165, 1.54) is 56.0 Å². The standard InChI is InChI=1S/C20H21ClFN/c21-19-13-17(6-8-20(19)22)14-3-4-16-12-18(7-5-15(16)11-14)23-9-1-2-10-23/h3-4,6,8,11,13,18H,1-2,5,7,9-10,12H2. The van der Waals surface area contributed by atoms with Crippen LogP contribution in [-0.4, -0.2) is 24.0 Å². The quantitative estimate of drug-likeness (QED) is 0.741. The first-order valence-corrected chi connectivity index (χ1v) is 8.90. The van der Waals surface area contributed by atoms with Crippen molar-refractivity contribution in [3.63, 3.8) is 0 Å². The van der Waals surface area contributed by atoms with Crippen molar-refractivity contribution in [2.24, 2.45) is 0 Å². The lowest BCUT2D eigenvalue weighted by atomic mass is 9.85. The molecule has 2 aromatic carbocycles. The summed E-state index contributed by atoms with van der Waals surface area (Å²) < 4.78 is 13.3. The highest BCUT2D eigenvalue weighted by Crippen LogP contribution is 2.31. The van der Waals surface area contributed by atoms with Crippen LogP contribution in [0, 0.1) is 5.82 Å². The van der Waals surface area contributed by atoms with Gasteiger partial charge in [-0.25, -0.2) is 4.39 Å². The average molecular weight is 330 g/mol. The molecule has 4 rings (SSSR count). The third-order valence-electron chi connectivity index (χ3n) is 5.32. The first-order valence-electron chi connectivity index (χ1n) is 8.52. The zero-order chi connectivity index (χ0) is 15.8. The van der Waals surface area contributed by atoms with Crippen LogP contribution >= 0.6 is 11.6 Å². The molecular formula is C20H21ClFN. The molecule has 120 valence electrons. The summed E-state index contributed by atoms with van der Waals surface area (Å²) in [6.07, 6.45) is 6.26. The van der Waals surface area contributed by atoms with E-state index < -0.39 is 0 Å². The summed E-state index contributed by atoms with van der Waals surface area (Å²) in [7, 11) is 0. The Balaban J connectivity index is 1.58. The molecule has 1 atom stereocenters. The Morgan fingerprint density at radius 1 is 0.957 bits per heavy atom. The molecule has 0 bridgehead atoms. The molecule has 0 amide bonds. The molecule has 0 N–H and O–H groups in total. The molecule has 2 aliphatic rings. The highest BCUT2D eigenvalue weighted by atomic mass is 35.5. The van der Waals surface area contributed by atoms with Gasteiger partial charge in [0, 0.05) is 6.04 Å². The van der Waals surface area contributed by atoms with Gasteiger partial charge in [-0.15, -0.1) is 0 Å². The first kappa shape index (κ1) is 15.2. The van der Waals surface area contributed by atoms with Crippen LogP contribution in [0.15, 0.2) is 36.4 Å². The van der Waals surface area contributed by atoms with Crippen LogP contribution in [0.2, 0.25) is 5.02 Å². The van der Waals surface area contributed by atoms with E-state index in [2.05, 4.69) is 23.1 Å². The molecule has 0 radical (unpaired) electrons. The highest BCUT2D eigenvalue weighted by molar-refractivity contribution is 6.31. The summed E-state index contributed by atoms with van der Waals surface area (Å²) in [6, 6.07) is 12.3. The average Bonchev–Trinajstić information content (AvgIpc) is 3.11. The van der Waals surface area contributed by atoms with Crippen molar-refractivity contribution in [1.82, 2.24) is 4.90 Å². The Bertz CT molecular complexity index is 722. The summed E-state index contributed by atoms with van der Waals surface area (Å²) in [5.74, 6) is -0.359. The van der Waals surface area contributed by atoms with Crippen molar-refractivity contribution in [3.8, 4) is 11.1 Å². The van der Waals surface area contributed by atoms with E-state index in [1.54, 1.807) is 12.1 Å². The fraction of sp³-hybridized carbons (Fsp3) is 0.400. The van der Waals surface area contributed by atoms with Crippen LogP contribution < -0.4 is 0 Å². The molecule has 23 heavy (non-hydrogen) atoms. The van der Waals surface area contributed by atoms with Crippen LogP contribution in [0.1, 0.15) is 30.4 Å². The van der Waals surface area contributed by atoms with Gasteiger partial charge in [0.2, 0.25) is 0 Å². The number of benzene rings is 2. The van der Waals surface area contributed by atoms with Gasteiger partial charge in [-0.2, -0.15) is 0 Å². The van der Waals surface area contributed by atoms with Crippen LogP contribution in [0.3, 0.4) is 0 Å². The van der Waals surface area contributed by atoms with E-state index >= 15 is 0 Å². The van der Waals surface area contributed by atoms with Crippen LogP contribution in [0.5, 0.6) is 0 Å². The van der Waals surface area contributed by atoms with E-state index in [0.717, 1.165) is 23.6 Å². The minimum atomic E-state index is -0.359. The maximum Gasteiger partial charge on any atom is 0.141 e. The highest BCUT2D eigenvalue weighted by Gasteiger charge is 2.26. The van der Waals surface area contributed by atoms with Gasteiger partial charge in [0.25, 0.3) is 0 Å². The third-order valence-corrected chi connectivity index (χ3v) is 5.61. The van der Waals surface area contributed by atoms with Crippen molar-refractivity contribution in [2.45, 2.75) is 38.1 Å². The Morgan fingerprint density at radius 3 is 2.48 bits per heavy atom. The normalized spacial score (nSPS) is 21.4. The molecule has 3 heteroatoms. The fourth-order valence-electron chi connectivity index (χ4n) is 4.01. The van der Waals surface area contributed by atoms with Gasteiger partial charge in [-0.05, 0) is 79.6 Å². The van der Waals surface area contributed by atoms with Gasteiger partial charge in [0.15, 0.2) is 0 Å². The summed E-state index contributed by atoms with van der Waals surface area (Å²) >= 11 is 5.92. The fourth-order valence-corrected chi connectivity index (χ4v) is 4.19. The Hall–Kier alpha value is -1.38. The number of nitrogens with zero attached hydrogens (tertiary/aromatic N) is 1. The summed E-state index contributed by atoms with van der Waals surface area (Å²) in [6.45, 7) is 2.54. The van der Waals surface area contributed by atoms with E-state index in [0.29, 0.717) is 0 Å². The van der Waals surface area contributed by atoms with E-state index in [9.17, 15) is 4.39 Å². The number of hydrogen-bond donors (Lipinski definition) is 0. The molecular weight excluding hydrogens is 309 g/mol. The lowest BCUT2D eigenvalue weighted by molar-refractivity contribution is 0.222. The van der Waals surface area contributed by atoms with Crippen molar-refractivity contribution >= 4 is 11.6 Å². The number of aryl methyl sites for hydroxylation is 1. The molecule has 1 fully saturated rings. The summed E-state index contributed by atoms with van der Waals surface area (Å²) in [4.78, 5) is 2.66. The molecule has 0 aromatic heterocycles. The van der Waals surface area contributed by atoms with Crippen LogP contribution in [-0.2, 0) is 12.8 Å². The third kappa shape index (κ3) is 3.02. The van der Waals surface area contributed by atoms with Crippen molar-refractivity contribution in [2.75, 3.05) is 13.1 Å². The van der Waals surface area contributed by atoms with Crippen molar-refractivity contribution < 1.29 is 4.39 Å². The number of hydrogen-bond acceptors (Lipinski definition) is 1. The Labute approximate surface area is 142 Å². The lowest BCUT2D eigenvalue weighted by Crippen LogP contribution is -2.37. The minimum absolute atomic E-state index is 0.189. The van der Waals surface area contributed by atoms with Crippen LogP contribution in [0.4, 0.5) is 4.39 Å². The topological polar surface area (TPSA) is 3.24 Å². The van der Waals surface area contributed by atoms with E-state index in [4.69, 9.17) is 11.6 Å². The molecule has 1 unspecified atom stereocenters. The van der Waals surface area contributed by atoms with Gasteiger partial charge >= 0.3 is 0 Å². The van der Waals surface area contributed by atoms with Gasteiger partial charge < -0.3 is 4.90 Å². The second-order valence-electron chi connectivity index (χ2n) is 6.75. The number of likely N-dealkylation sites (tertiary alicyclic amines) is 1. The predicted octanol–water partition coefficient (Wildman–Crippen LogP) is 5.10. The van der Waals surface area contributed by atoms with Gasteiger partial charge in [0.1, 0.15) is 5.82 Å². The minimum Gasteiger partial charge on any atom is -0.300 e. The lowest BCUT2D eigenvalue weighted by Gasteiger charge is -2.32. The van der Waals surface area contributed by atoms with Gasteiger partial charge in [-0.3, -0.25) is 0 Å². The maximum atomic E-state index is 13.3. The second-order valence-corrected chi connectivity index (χ2v) is 7.16. The smallest absolute Gasteiger partial charge is 0.141 e.